The summed E-state index contributed by atoms with van der Waals surface area (Å²) in [5, 5.41) is 2.60. The SMILES string of the molecule is CN(c1ccccc1)S(=O)(=O)c1ccc(C(=O)OCC(=O)Nc2ccc3c(c2)OCO3)cc1. The summed E-state index contributed by atoms with van der Waals surface area (Å²) in [6.45, 7) is -0.392. The van der Waals surface area contributed by atoms with Gasteiger partial charge in [0.1, 0.15) is 0 Å². The van der Waals surface area contributed by atoms with Crippen LogP contribution in [-0.2, 0) is 19.6 Å². The number of hydrogen-bond donors (Lipinski definition) is 1. The van der Waals surface area contributed by atoms with Crippen molar-refractivity contribution in [1.82, 2.24) is 0 Å². The van der Waals surface area contributed by atoms with E-state index in [9.17, 15) is 18.0 Å². The highest BCUT2D eigenvalue weighted by Crippen LogP contribution is 2.34. The molecule has 170 valence electrons. The second kappa shape index (κ2) is 9.21. The van der Waals surface area contributed by atoms with Crippen LogP contribution in [0.2, 0.25) is 0 Å². The number of ether oxygens (including phenoxy) is 3. The summed E-state index contributed by atoms with van der Waals surface area (Å²) in [5.74, 6) is -0.195. The number of benzene rings is 3. The predicted molar refractivity (Wildman–Crippen MR) is 120 cm³/mol. The fraction of sp³-hybridized carbons (Fsp3) is 0.130. The molecule has 0 atom stereocenters. The Morgan fingerprint density at radius 2 is 1.67 bits per heavy atom. The van der Waals surface area contributed by atoms with Gasteiger partial charge in [-0.25, -0.2) is 13.2 Å². The lowest BCUT2D eigenvalue weighted by molar-refractivity contribution is -0.119. The first-order chi connectivity index (χ1) is 15.8. The summed E-state index contributed by atoms with van der Waals surface area (Å²) in [6.07, 6.45) is 0. The van der Waals surface area contributed by atoms with E-state index in [-0.39, 0.29) is 17.3 Å². The van der Waals surface area contributed by atoms with E-state index in [4.69, 9.17) is 14.2 Å². The van der Waals surface area contributed by atoms with Crippen LogP contribution in [0.3, 0.4) is 0 Å². The number of esters is 1. The van der Waals surface area contributed by atoms with Gasteiger partial charge in [0.25, 0.3) is 15.9 Å². The van der Waals surface area contributed by atoms with Gasteiger partial charge >= 0.3 is 5.97 Å². The van der Waals surface area contributed by atoms with E-state index < -0.39 is 28.5 Å². The lowest BCUT2D eigenvalue weighted by atomic mass is 10.2. The number of amides is 1. The average molecular weight is 468 g/mol. The first-order valence-corrected chi connectivity index (χ1v) is 11.3. The van der Waals surface area contributed by atoms with E-state index in [1.54, 1.807) is 48.5 Å². The van der Waals surface area contributed by atoms with E-state index in [2.05, 4.69) is 5.32 Å². The van der Waals surface area contributed by atoms with Crippen molar-refractivity contribution in [2.24, 2.45) is 0 Å². The fourth-order valence-electron chi connectivity index (χ4n) is 3.08. The summed E-state index contributed by atoms with van der Waals surface area (Å²) in [4.78, 5) is 24.4. The molecule has 0 spiro atoms. The van der Waals surface area contributed by atoms with Crippen molar-refractivity contribution < 1.29 is 32.2 Å². The minimum Gasteiger partial charge on any atom is -0.454 e. The Hall–Kier alpha value is -4.05. The van der Waals surface area contributed by atoms with Gasteiger partial charge in [0.15, 0.2) is 18.1 Å². The van der Waals surface area contributed by atoms with Gasteiger partial charge in [0.05, 0.1) is 16.1 Å². The van der Waals surface area contributed by atoms with E-state index >= 15 is 0 Å². The molecule has 0 radical (unpaired) electrons. The minimum atomic E-state index is -3.80. The number of carbonyl (C=O) groups is 2. The molecule has 0 aliphatic carbocycles. The minimum absolute atomic E-state index is 0.0194. The van der Waals surface area contributed by atoms with Crippen LogP contribution in [0.1, 0.15) is 10.4 Å². The zero-order valence-corrected chi connectivity index (χ0v) is 18.4. The molecule has 0 fully saturated rings. The fourth-order valence-corrected chi connectivity index (χ4v) is 4.28. The molecule has 33 heavy (non-hydrogen) atoms. The molecule has 0 bridgehead atoms. The molecule has 3 aromatic rings. The van der Waals surface area contributed by atoms with Gasteiger partial charge in [-0.1, -0.05) is 18.2 Å². The molecule has 0 saturated heterocycles. The number of nitrogens with one attached hydrogen (secondary N) is 1. The predicted octanol–water partition coefficient (Wildman–Crippen LogP) is 3.04. The molecule has 0 unspecified atom stereocenters. The number of rotatable bonds is 7. The Bertz CT molecular complexity index is 1280. The summed E-state index contributed by atoms with van der Waals surface area (Å²) in [6, 6.07) is 18.8. The maximum absolute atomic E-state index is 12.8. The first kappa shape index (κ1) is 22.2. The summed E-state index contributed by atoms with van der Waals surface area (Å²) >= 11 is 0. The van der Waals surface area contributed by atoms with Crippen molar-refractivity contribution in [3.63, 3.8) is 0 Å². The third-order valence-electron chi connectivity index (χ3n) is 4.86. The average Bonchev–Trinajstić information content (AvgIpc) is 3.30. The van der Waals surface area contributed by atoms with Crippen molar-refractivity contribution in [3.8, 4) is 11.5 Å². The smallest absolute Gasteiger partial charge is 0.338 e. The molecular formula is C23H20N2O7S. The van der Waals surface area contributed by atoms with E-state index in [1.807, 2.05) is 0 Å². The number of hydrogen-bond acceptors (Lipinski definition) is 7. The van der Waals surface area contributed by atoms with E-state index in [0.717, 1.165) is 4.31 Å². The Morgan fingerprint density at radius 1 is 0.970 bits per heavy atom. The molecule has 0 saturated carbocycles. The molecule has 0 aromatic heterocycles. The summed E-state index contributed by atoms with van der Waals surface area (Å²) < 4.78 is 42.3. The Kier molecular flexibility index (Phi) is 6.18. The van der Waals surface area contributed by atoms with Crippen molar-refractivity contribution in [2.75, 3.05) is 30.1 Å². The van der Waals surface area contributed by atoms with Crippen LogP contribution in [-0.4, -0.2) is 40.7 Å². The van der Waals surface area contributed by atoms with Gasteiger partial charge < -0.3 is 19.5 Å². The van der Waals surface area contributed by atoms with Crippen molar-refractivity contribution in [2.45, 2.75) is 4.90 Å². The van der Waals surface area contributed by atoms with Crippen molar-refractivity contribution in [1.29, 1.82) is 0 Å². The third kappa shape index (κ3) is 4.90. The van der Waals surface area contributed by atoms with Crippen LogP contribution < -0.4 is 19.1 Å². The Labute approximate surface area is 190 Å². The lowest BCUT2D eigenvalue weighted by Gasteiger charge is -2.19. The van der Waals surface area contributed by atoms with Gasteiger partial charge in [-0.2, -0.15) is 0 Å². The zero-order valence-electron chi connectivity index (χ0n) is 17.6. The summed E-state index contributed by atoms with van der Waals surface area (Å²) in [5.41, 5.74) is 1.10. The molecule has 10 heteroatoms. The Morgan fingerprint density at radius 3 is 2.39 bits per heavy atom. The second-order valence-electron chi connectivity index (χ2n) is 7.02. The first-order valence-electron chi connectivity index (χ1n) is 9.85. The molecule has 9 nitrogen and oxygen atoms in total. The van der Waals surface area contributed by atoms with Crippen molar-refractivity contribution in [3.05, 3.63) is 78.4 Å². The summed E-state index contributed by atoms with van der Waals surface area (Å²) in [7, 11) is -2.35. The molecular weight excluding hydrogens is 448 g/mol. The van der Waals surface area contributed by atoms with Crippen LogP contribution in [0.4, 0.5) is 11.4 Å². The van der Waals surface area contributed by atoms with Gasteiger partial charge in [0, 0.05) is 18.8 Å². The molecule has 1 heterocycles. The van der Waals surface area contributed by atoms with Gasteiger partial charge in [-0.05, 0) is 48.5 Å². The van der Waals surface area contributed by atoms with Crippen molar-refractivity contribution >= 4 is 33.3 Å². The number of fused-ring (bicyclic) bond motifs is 1. The Balaban J connectivity index is 1.35. The molecule has 1 amide bonds. The van der Waals surface area contributed by atoms with Crippen LogP contribution in [0.15, 0.2) is 77.7 Å². The molecule has 4 rings (SSSR count). The van der Waals surface area contributed by atoms with Crippen LogP contribution >= 0.6 is 0 Å². The van der Waals surface area contributed by atoms with E-state index in [0.29, 0.717) is 22.9 Å². The number of anilines is 2. The molecule has 1 aliphatic heterocycles. The molecule has 1 aliphatic rings. The highest BCUT2D eigenvalue weighted by molar-refractivity contribution is 7.92. The van der Waals surface area contributed by atoms with Gasteiger partial charge in [0.2, 0.25) is 6.79 Å². The van der Waals surface area contributed by atoms with Gasteiger partial charge in [-0.15, -0.1) is 0 Å². The topological polar surface area (TPSA) is 111 Å². The zero-order chi connectivity index (χ0) is 23.4. The maximum Gasteiger partial charge on any atom is 0.338 e. The second-order valence-corrected chi connectivity index (χ2v) is 8.99. The lowest BCUT2D eigenvalue weighted by Crippen LogP contribution is -2.26. The number of carbonyl (C=O) groups excluding carboxylic acids is 2. The number of nitrogens with zero attached hydrogens (tertiary/aromatic N) is 1. The highest BCUT2D eigenvalue weighted by Gasteiger charge is 2.22. The number of para-hydroxylation sites is 1. The molecule has 1 N–H and O–H groups in total. The number of sulfonamides is 1. The van der Waals surface area contributed by atoms with Gasteiger partial charge in [-0.3, -0.25) is 9.10 Å². The van der Waals surface area contributed by atoms with Crippen LogP contribution in [0.5, 0.6) is 11.5 Å². The largest absolute Gasteiger partial charge is 0.454 e. The van der Waals surface area contributed by atoms with Crippen LogP contribution in [0, 0.1) is 0 Å². The standard InChI is InChI=1S/C23H20N2O7S/c1-25(18-5-3-2-4-6-18)33(28,29)19-10-7-16(8-11-19)23(27)30-14-22(26)24-17-9-12-20-21(13-17)32-15-31-20/h2-13H,14-15H2,1H3,(H,24,26). The third-order valence-corrected chi connectivity index (χ3v) is 6.66. The monoisotopic (exact) mass is 468 g/mol. The molecule has 3 aromatic carbocycles. The highest BCUT2D eigenvalue weighted by atomic mass is 32.2. The normalized spacial score (nSPS) is 12.2. The van der Waals surface area contributed by atoms with Crippen LogP contribution in [0.25, 0.3) is 0 Å². The maximum atomic E-state index is 12.8. The van der Waals surface area contributed by atoms with E-state index in [1.165, 1.54) is 31.3 Å². The quantitative estimate of drug-likeness (QED) is 0.531.